The minimum Gasteiger partial charge on any atom is -0.339 e. The summed E-state index contributed by atoms with van der Waals surface area (Å²) in [5.74, 6) is 1.34. The summed E-state index contributed by atoms with van der Waals surface area (Å²) in [6.07, 6.45) is 0.919. The zero-order chi connectivity index (χ0) is 21.4. The van der Waals surface area contributed by atoms with E-state index in [-0.39, 0.29) is 23.9 Å². The van der Waals surface area contributed by atoms with Crippen molar-refractivity contribution in [3.63, 3.8) is 0 Å². The Bertz CT molecular complexity index is 1310. The lowest BCUT2D eigenvalue weighted by atomic mass is 10.1. The van der Waals surface area contributed by atoms with Crippen LogP contribution in [0.1, 0.15) is 36.8 Å². The highest BCUT2D eigenvalue weighted by Crippen LogP contribution is 2.30. The van der Waals surface area contributed by atoms with E-state index in [0.717, 1.165) is 5.69 Å². The molecule has 1 aliphatic rings. The third-order valence-corrected chi connectivity index (χ3v) is 5.58. The van der Waals surface area contributed by atoms with E-state index in [0.29, 0.717) is 47.8 Å². The minimum absolute atomic E-state index is 0.0270. The highest BCUT2D eigenvalue weighted by molar-refractivity contribution is 5.96. The molecule has 1 amide bonds. The van der Waals surface area contributed by atoms with Crippen molar-refractivity contribution in [1.82, 2.24) is 19.7 Å². The Morgan fingerprint density at radius 3 is 2.61 bits per heavy atom. The number of hydrogen-bond donors (Lipinski definition) is 0. The quantitative estimate of drug-likeness (QED) is 0.497. The number of nitrogens with zero attached hydrogens (tertiary/aromatic N) is 5. The standard InChI is InChI=1S/C23H21N5O3/c1-2-20-24-18-11-7-6-10-17(18)23(30)28(20)14-19-25-22(31-26-19)15-12-21(29)27(13-15)16-8-4-3-5-9-16/h3-11,15H,2,12-14H2,1H3/t15-/m1/s1. The molecule has 1 fully saturated rings. The van der Waals surface area contributed by atoms with Crippen LogP contribution in [0.5, 0.6) is 0 Å². The van der Waals surface area contributed by atoms with Crippen molar-refractivity contribution in [3.05, 3.63) is 82.5 Å². The second-order valence-corrected chi connectivity index (χ2v) is 7.58. The third-order valence-electron chi connectivity index (χ3n) is 5.58. The first kappa shape index (κ1) is 19.2. The van der Waals surface area contributed by atoms with Gasteiger partial charge in [-0.15, -0.1) is 0 Å². The molecular weight excluding hydrogens is 394 g/mol. The molecule has 5 rings (SSSR count). The molecule has 2 aromatic heterocycles. The molecular formula is C23H21N5O3. The summed E-state index contributed by atoms with van der Waals surface area (Å²) in [6, 6.07) is 16.8. The molecule has 1 aliphatic heterocycles. The second kappa shape index (κ2) is 7.79. The average molecular weight is 415 g/mol. The predicted molar refractivity (Wildman–Crippen MR) is 115 cm³/mol. The van der Waals surface area contributed by atoms with E-state index in [1.165, 1.54) is 0 Å². The van der Waals surface area contributed by atoms with Crippen LogP contribution in [0.3, 0.4) is 0 Å². The van der Waals surface area contributed by atoms with Crippen molar-refractivity contribution >= 4 is 22.5 Å². The van der Waals surface area contributed by atoms with Crippen LogP contribution in [-0.4, -0.2) is 32.1 Å². The van der Waals surface area contributed by atoms with Gasteiger partial charge in [0.1, 0.15) is 5.82 Å². The van der Waals surface area contributed by atoms with Gasteiger partial charge in [0.25, 0.3) is 5.56 Å². The first-order chi connectivity index (χ1) is 15.1. The van der Waals surface area contributed by atoms with Crippen LogP contribution in [0.15, 0.2) is 63.9 Å². The third kappa shape index (κ3) is 3.50. The molecule has 8 heteroatoms. The van der Waals surface area contributed by atoms with Gasteiger partial charge in [-0.2, -0.15) is 4.98 Å². The van der Waals surface area contributed by atoms with Crippen LogP contribution in [0, 0.1) is 0 Å². The predicted octanol–water partition coefficient (Wildman–Crippen LogP) is 2.91. The van der Waals surface area contributed by atoms with E-state index in [1.807, 2.05) is 55.5 Å². The van der Waals surface area contributed by atoms with Gasteiger partial charge in [-0.05, 0) is 24.3 Å². The number of carbonyl (C=O) groups excluding carboxylic acids is 1. The van der Waals surface area contributed by atoms with E-state index in [1.54, 1.807) is 15.5 Å². The number of hydrogen-bond acceptors (Lipinski definition) is 6. The summed E-state index contributed by atoms with van der Waals surface area (Å²) in [5, 5.41) is 4.63. The smallest absolute Gasteiger partial charge is 0.261 e. The maximum absolute atomic E-state index is 13.0. The molecule has 156 valence electrons. The SMILES string of the molecule is CCc1nc2ccccc2c(=O)n1Cc1noc([C@@H]2CC(=O)N(c3ccccc3)C2)n1. The van der Waals surface area contributed by atoms with Gasteiger partial charge in [-0.3, -0.25) is 14.2 Å². The maximum Gasteiger partial charge on any atom is 0.261 e. The number of amides is 1. The van der Waals surface area contributed by atoms with Crippen molar-refractivity contribution in [1.29, 1.82) is 0 Å². The summed E-state index contributed by atoms with van der Waals surface area (Å²) in [4.78, 5) is 36.3. The summed E-state index contributed by atoms with van der Waals surface area (Å²) in [6.45, 7) is 2.62. The Hall–Kier alpha value is -3.81. The first-order valence-electron chi connectivity index (χ1n) is 10.3. The van der Waals surface area contributed by atoms with Gasteiger partial charge in [-0.1, -0.05) is 42.4 Å². The van der Waals surface area contributed by atoms with Gasteiger partial charge < -0.3 is 9.42 Å². The molecule has 4 aromatic rings. The lowest BCUT2D eigenvalue weighted by Crippen LogP contribution is -2.26. The number of benzene rings is 2. The molecule has 0 radical (unpaired) electrons. The number of aromatic nitrogens is 4. The van der Waals surface area contributed by atoms with Crippen LogP contribution >= 0.6 is 0 Å². The van der Waals surface area contributed by atoms with Crippen molar-refractivity contribution in [2.24, 2.45) is 0 Å². The topological polar surface area (TPSA) is 94.1 Å². The van der Waals surface area contributed by atoms with Crippen molar-refractivity contribution in [3.8, 4) is 0 Å². The summed E-state index contributed by atoms with van der Waals surface area (Å²) in [5.41, 5.74) is 1.41. The van der Waals surface area contributed by atoms with Gasteiger partial charge in [0.05, 0.1) is 23.4 Å². The summed E-state index contributed by atoms with van der Waals surface area (Å²) >= 11 is 0. The van der Waals surface area contributed by atoms with E-state index < -0.39 is 0 Å². The number of anilines is 1. The largest absolute Gasteiger partial charge is 0.339 e. The summed E-state index contributed by atoms with van der Waals surface area (Å²) < 4.78 is 7.07. The molecule has 0 aliphatic carbocycles. The zero-order valence-corrected chi connectivity index (χ0v) is 17.1. The molecule has 8 nitrogen and oxygen atoms in total. The highest BCUT2D eigenvalue weighted by atomic mass is 16.5. The van der Waals surface area contributed by atoms with E-state index >= 15 is 0 Å². The number of para-hydroxylation sites is 2. The van der Waals surface area contributed by atoms with Crippen LogP contribution < -0.4 is 10.5 Å². The fourth-order valence-corrected chi connectivity index (χ4v) is 4.02. The van der Waals surface area contributed by atoms with Crippen molar-refractivity contribution < 1.29 is 9.32 Å². The van der Waals surface area contributed by atoms with Gasteiger partial charge >= 0.3 is 0 Å². The molecule has 0 unspecified atom stereocenters. The number of fused-ring (bicyclic) bond motifs is 1. The maximum atomic E-state index is 13.0. The monoisotopic (exact) mass is 415 g/mol. The summed E-state index contributed by atoms with van der Waals surface area (Å²) in [7, 11) is 0. The van der Waals surface area contributed by atoms with Gasteiger partial charge in [0, 0.05) is 25.1 Å². The normalized spacial score (nSPS) is 16.4. The van der Waals surface area contributed by atoms with Crippen molar-refractivity contribution in [2.45, 2.75) is 32.2 Å². The molecule has 0 N–H and O–H groups in total. The van der Waals surface area contributed by atoms with Crippen molar-refractivity contribution in [2.75, 3.05) is 11.4 Å². The Kier molecular flexibility index (Phi) is 4.82. The van der Waals surface area contributed by atoms with Crippen LogP contribution in [0.2, 0.25) is 0 Å². The molecule has 0 bridgehead atoms. The number of carbonyl (C=O) groups is 1. The minimum atomic E-state index is -0.175. The lowest BCUT2D eigenvalue weighted by molar-refractivity contribution is -0.117. The Morgan fingerprint density at radius 1 is 1.03 bits per heavy atom. The zero-order valence-electron chi connectivity index (χ0n) is 17.1. The lowest BCUT2D eigenvalue weighted by Gasteiger charge is -2.15. The molecule has 2 aromatic carbocycles. The molecule has 0 saturated carbocycles. The van der Waals surface area contributed by atoms with Gasteiger partial charge in [0.15, 0.2) is 5.82 Å². The molecule has 0 spiro atoms. The second-order valence-electron chi connectivity index (χ2n) is 7.58. The molecule has 1 saturated heterocycles. The fraction of sp³-hybridized carbons (Fsp3) is 0.261. The van der Waals surface area contributed by atoms with E-state index in [4.69, 9.17) is 4.52 Å². The average Bonchev–Trinajstić information content (AvgIpc) is 3.42. The number of aryl methyl sites for hydroxylation is 1. The fourth-order valence-electron chi connectivity index (χ4n) is 4.02. The number of rotatable bonds is 5. The van der Waals surface area contributed by atoms with Crippen LogP contribution in [0.25, 0.3) is 10.9 Å². The van der Waals surface area contributed by atoms with Gasteiger partial charge in [0.2, 0.25) is 11.8 Å². The Balaban J connectivity index is 1.40. The van der Waals surface area contributed by atoms with E-state index in [2.05, 4.69) is 15.1 Å². The Morgan fingerprint density at radius 2 is 1.81 bits per heavy atom. The van der Waals surface area contributed by atoms with Crippen LogP contribution in [-0.2, 0) is 17.8 Å². The first-order valence-corrected chi connectivity index (χ1v) is 10.3. The highest BCUT2D eigenvalue weighted by Gasteiger charge is 2.35. The molecule has 1 atom stereocenters. The van der Waals surface area contributed by atoms with Crippen LogP contribution in [0.4, 0.5) is 5.69 Å². The Labute approximate surface area is 178 Å². The molecule has 3 heterocycles. The molecule has 31 heavy (non-hydrogen) atoms. The van der Waals surface area contributed by atoms with E-state index in [9.17, 15) is 9.59 Å². The van der Waals surface area contributed by atoms with Gasteiger partial charge in [-0.25, -0.2) is 4.98 Å².